The minimum Gasteiger partial charge on any atom is -0.479 e. The zero-order valence-corrected chi connectivity index (χ0v) is 16.4. The predicted octanol–water partition coefficient (Wildman–Crippen LogP) is 2.15. The van der Waals surface area contributed by atoms with Crippen LogP contribution in [0.2, 0.25) is 0 Å². The maximum absolute atomic E-state index is 12.6. The Bertz CT molecular complexity index is 1020. The molecule has 2 aromatic rings. The summed E-state index contributed by atoms with van der Waals surface area (Å²) in [5.74, 6) is -0.531. The molecule has 1 atom stereocenters. The van der Waals surface area contributed by atoms with Gasteiger partial charge in [0.1, 0.15) is 10.6 Å². The van der Waals surface area contributed by atoms with Crippen molar-refractivity contribution in [2.75, 3.05) is 16.6 Å². The smallest absolute Gasteiger partial charge is 0.350 e. The van der Waals surface area contributed by atoms with E-state index in [1.807, 2.05) is 0 Å². The van der Waals surface area contributed by atoms with Crippen LogP contribution in [0, 0.1) is 6.92 Å². The normalized spacial score (nSPS) is 16.1. The monoisotopic (exact) mass is 411 g/mol. The summed E-state index contributed by atoms with van der Waals surface area (Å²) in [6.07, 6.45) is -0.655. The van der Waals surface area contributed by atoms with Crippen LogP contribution in [0.4, 0.5) is 10.8 Å². The van der Waals surface area contributed by atoms with Crippen LogP contribution in [0.25, 0.3) is 0 Å². The molecule has 0 bridgehead atoms. The Balaban J connectivity index is 1.86. The number of rotatable bonds is 5. The molecule has 0 fully saturated rings. The topological polar surface area (TPSA) is 124 Å². The third-order valence-corrected chi connectivity index (χ3v) is 6.19. The van der Waals surface area contributed by atoms with Gasteiger partial charge in [-0.1, -0.05) is 11.3 Å². The van der Waals surface area contributed by atoms with Crippen LogP contribution >= 0.6 is 11.3 Å². The van der Waals surface area contributed by atoms with Gasteiger partial charge in [0.25, 0.3) is 15.9 Å². The number of hydrogen-bond donors (Lipinski definition) is 2. The molecule has 2 heterocycles. The number of amides is 1. The first-order valence-electron chi connectivity index (χ1n) is 8.00. The Morgan fingerprint density at radius 1 is 1.44 bits per heavy atom. The lowest BCUT2D eigenvalue weighted by atomic mass is 10.2. The van der Waals surface area contributed by atoms with Crippen LogP contribution in [0.15, 0.2) is 23.1 Å². The van der Waals surface area contributed by atoms with Gasteiger partial charge < -0.3 is 14.8 Å². The van der Waals surface area contributed by atoms with E-state index < -0.39 is 22.1 Å². The number of sulfonamides is 1. The predicted molar refractivity (Wildman–Crippen MR) is 98.8 cm³/mol. The van der Waals surface area contributed by atoms with Crippen molar-refractivity contribution in [3.05, 3.63) is 28.8 Å². The number of benzene rings is 1. The number of ether oxygens (including phenoxy) is 2. The molecular formula is C16H17N3O6S2. The van der Waals surface area contributed by atoms with Crippen LogP contribution in [0.3, 0.4) is 0 Å². The van der Waals surface area contributed by atoms with E-state index in [1.54, 1.807) is 20.8 Å². The molecule has 1 aromatic carbocycles. The molecule has 0 saturated carbocycles. The second-order valence-corrected chi connectivity index (χ2v) is 8.35. The first kappa shape index (κ1) is 19.1. The van der Waals surface area contributed by atoms with Crippen LogP contribution in [-0.2, 0) is 19.6 Å². The maximum atomic E-state index is 12.6. The molecule has 3 rings (SSSR count). The minimum absolute atomic E-state index is 0.0437. The molecule has 1 aromatic heterocycles. The van der Waals surface area contributed by atoms with E-state index >= 15 is 0 Å². The van der Waals surface area contributed by atoms with Crippen molar-refractivity contribution in [2.24, 2.45) is 0 Å². The number of carbonyl (C=O) groups excluding carboxylic acids is 2. The van der Waals surface area contributed by atoms with E-state index in [0.717, 1.165) is 11.3 Å². The van der Waals surface area contributed by atoms with Crippen molar-refractivity contribution < 1.29 is 27.5 Å². The standard InChI is InChI=1S/C16H17N3O6S2/c1-4-24-15(21)13-8(2)17-16(26-13)19-27(22,23)10-5-6-12-11(7-10)18-14(20)9(3)25-12/h5-7,9H,4H2,1-3H3,(H,17,19)(H,18,20). The number of thiazole rings is 1. The lowest BCUT2D eigenvalue weighted by Crippen LogP contribution is -2.34. The Morgan fingerprint density at radius 2 is 2.19 bits per heavy atom. The number of nitrogens with zero attached hydrogens (tertiary/aromatic N) is 1. The number of aromatic nitrogens is 1. The molecule has 9 nitrogen and oxygen atoms in total. The summed E-state index contributed by atoms with van der Waals surface area (Å²) < 4.78 is 37.9. The maximum Gasteiger partial charge on any atom is 0.350 e. The van der Waals surface area contributed by atoms with Crippen LogP contribution in [0.1, 0.15) is 29.2 Å². The van der Waals surface area contributed by atoms with Gasteiger partial charge in [-0.05, 0) is 39.0 Å². The minimum atomic E-state index is -3.98. The third kappa shape index (κ3) is 3.88. The van der Waals surface area contributed by atoms with Crippen molar-refractivity contribution in [3.8, 4) is 5.75 Å². The summed E-state index contributed by atoms with van der Waals surface area (Å²) in [6, 6.07) is 4.13. The van der Waals surface area contributed by atoms with Gasteiger partial charge in [0.05, 0.1) is 22.9 Å². The molecule has 0 aliphatic carbocycles. The summed E-state index contributed by atoms with van der Waals surface area (Å²) in [6.45, 7) is 5.07. The van der Waals surface area contributed by atoms with E-state index in [-0.39, 0.29) is 33.1 Å². The van der Waals surface area contributed by atoms with Crippen molar-refractivity contribution in [1.29, 1.82) is 0 Å². The third-order valence-electron chi connectivity index (χ3n) is 3.67. The molecule has 144 valence electrons. The Hall–Kier alpha value is -2.66. The molecule has 0 spiro atoms. The van der Waals surface area contributed by atoms with Gasteiger partial charge in [0.2, 0.25) is 0 Å². The highest BCUT2D eigenvalue weighted by molar-refractivity contribution is 7.93. The molecule has 1 aliphatic rings. The quantitative estimate of drug-likeness (QED) is 0.723. The zero-order valence-electron chi connectivity index (χ0n) is 14.7. The average Bonchev–Trinajstić information content (AvgIpc) is 2.95. The first-order valence-corrected chi connectivity index (χ1v) is 10.3. The molecule has 2 N–H and O–H groups in total. The van der Waals surface area contributed by atoms with Gasteiger partial charge in [0.15, 0.2) is 11.2 Å². The highest BCUT2D eigenvalue weighted by Crippen LogP contribution is 2.33. The first-order chi connectivity index (χ1) is 12.7. The molecule has 0 saturated heterocycles. The molecule has 1 amide bonds. The largest absolute Gasteiger partial charge is 0.479 e. The fraction of sp³-hybridized carbons (Fsp3) is 0.312. The van der Waals surface area contributed by atoms with Crippen molar-refractivity contribution in [2.45, 2.75) is 31.8 Å². The Morgan fingerprint density at radius 3 is 2.89 bits per heavy atom. The van der Waals surface area contributed by atoms with E-state index in [2.05, 4.69) is 15.0 Å². The number of esters is 1. The number of anilines is 2. The number of nitrogens with one attached hydrogen (secondary N) is 2. The van der Waals surface area contributed by atoms with Crippen molar-refractivity contribution in [1.82, 2.24) is 4.98 Å². The Labute approximate surface area is 159 Å². The molecule has 27 heavy (non-hydrogen) atoms. The second kappa shape index (κ2) is 7.16. The second-order valence-electron chi connectivity index (χ2n) is 5.67. The highest BCUT2D eigenvalue weighted by Gasteiger charge is 2.26. The van der Waals surface area contributed by atoms with Gasteiger partial charge in [-0.3, -0.25) is 9.52 Å². The highest BCUT2D eigenvalue weighted by atomic mass is 32.2. The average molecular weight is 411 g/mol. The van der Waals surface area contributed by atoms with Crippen molar-refractivity contribution in [3.63, 3.8) is 0 Å². The van der Waals surface area contributed by atoms with Gasteiger partial charge >= 0.3 is 5.97 Å². The van der Waals surface area contributed by atoms with E-state index in [9.17, 15) is 18.0 Å². The van der Waals surface area contributed by atoms with E-state index in [4.69, 9.17) is 9.47 Å². The lowest BCUT2D eigenvalue weighted by molar-refractivity contribution is -0.122. The van der Waals surface area contributed by atoms with E-state index in [1.165, 1.54) is 18.2 Å². The summed E-state index contributed by atoms with van der Waals surface area (Å²) in [4.78, 5) is 27.8. The van der Waals surface area contributed by atoms with Crippen LogP contribution in [0.5, 0.6) is 5.75 Å². The summed E-state index contributed by atoms with van der Waals surface area (Å²) in [5, 5.41) is 2.64. The number of carbonyl (C=O) groups is 2. The molecule has 11 heteroatoms. The van der Waals surface area contributed by atoms with Crippen molar-refractivity contribution >= 4 is 44.1 Å². The van der Waals surface area contributed by atoms with Gasteiger partial charge in [-0.25, -0.2) is 18.2 Å². The Kier molecular flexibility index (Phi) is 5.07. The molecule has 0 radical (unpaired) electrons. The van der Waals surface area contributed by atoms with Gasteiger partial charge in [-0.2, -0.15) is 0 Å². The summed E-state index contributed by atoms with van der Waals surface area (Å²) >= 11 is 0.888. The summed E-state index contributed by atoms with van der Waals surface area (Å²) in [7, 11) is -3.98. The van der Waals surface area contributed by atoms with Crippen LogP contribution < -0.4 is 14.8 Å². The van der Waals surface area contributed by atoms with Gasteiger partial charge in [0, 0.05) is 0 Å². The molecule has 1 unspecified atom stereocenters. The summed E-state index contributed by atoms with van der Waals surface area (Å²) in [5.41, 5.74) is 0.639. The fourth-order valence-electron chi connectivity index (χ4n) is 2.36. The van der Waals surface area contributed by atoms with Gasteiger partial charge in [-0.15, -0.1) is 0 Å². The van der Waals surface area contributed by atoms with E-state index in [0.29, 0.717) is 11.4 Å². The fourth-order valence-corrected chi connectivity index (χ4v) is 4.48. The zero-order chi connectivity index (χ0) is 19.8. The number of hydrogen-bond acceptors (Lipinski definition) is 8. The molecular weight excluding hydrogens is 394 g/mol. The van der Waals surface area contributed by atoms with Crippen LogP contribution in [-0.4, -0.2) is 38.0 Å². The number of fused-ring (bicyclic) bond motifs is 1. The molecule has 1 aliphatic heterocycles. The number of aryl methyl sites for hydroxylation is 1. The lowest BCUT2D eigenvalue weighted by Gasteiger charge is -2.23. The SMILES string of the molecule is CCOC(=O)c1sc(NS(=O)(=O)c2ccc3c(c2)NC(=O)C(C)O3)nc1C.